The second-order valence-corrected chi connectivity index (χ2v) is 8.56. The van der Waals surface area contributed by atoms with Crippen molar-refractivity contribution in [1.29, 1.82) is 0 Å². The van der Waals surface area contributed by atoms with Gasteiger partial charge in [-0.15, -0.1) is 0 Å². The third kappa shape index (κ3) is 5.21. The highest BCUT2D eigenvalue weighted by molar-refractivity contribution is 5.70. The molecule has 8 heteroatoms. The molecule has 1 amide bonds. The van der Waals surface area contributed by atoms with Crippen LogP contribution in [0.2, 0.25) is 0 Å². The molecule has 2 aliphatic rings. The van der Waals surface area contributed by atoms with E-state index in [4.69, 9.17) is 0 Å². The summed E-state index contributed by atoms with van der Waals surface area (Å²) in [6.45, 7) is 9.27. The SMILES string of the molecule is CC1(C)CC[N+]([O-])(CCCCN2CCN(c3ncc(F)cn3)CC2)C(=O)C1. The minimum Gasteiger partial charge on any atom is -0.625 e. The fourth-order valence-corrected chi connectivity index (χ4v) is 3.83. The minimum absolute atomic E-state index is 0.0306. The van der Waals surface area contributed by atoms with Crippen LogP contribution in [0.4, 0.5) is 10.3 Å². The van der Waals surface area contributed by atoms with Gasteiger partial charge in [0.2, 0.25) is 5.95 Å². The van der Waals surface area contributed by atoms with Gasteiger partial charge in [-0.3, -0.25) is 9.55 Å². The van der Waals surface area contributed by atoms with Crippen LogP contribution in [0.5, 0.6) is 0 Å². The number of hydrogen-bond donors (Lipinski definition) is 0. The molecule has 1 atom stereocenters. The lowest BCUT2D eigenvalue weighted by molar-refractivity contribution is -0.810. The molecule has 1 aromatic rings. The molecular weight excluding hydrogens is 349 g/mol. The summed E-state index contributed by atoms with van der Waals surface area (Å²) in [5.74, 6) is -0.00788. The predicted molar refractivity (Wildman–Crippen MR) is 101 cm³/mol. The standard InChI is InChI=1S/C19H30FN5O2/c1-19(2)5-12-25(27,17(26)13-19)11-4-3-6-23-7-9-24(10-8-23)18-21-14-16(20)15-22-18/h14-15H,3-13H2,1-2H3. The fourth-order valence-electron chi connectivity index (χ4n) is 3.83. The first kappa shape index (κ1) is 20.1. The molecule has 3 heterocycles. The van der Waals surface area contributed by atoms with Crippen molar-refractivity contribution < 1.29 is 13.8 Å². The van der Waals surface area contributed by atoms with Crippen LogP contribution in [-0.4, -0.2) is 71.2 Å². The van der Waals surface area contributed by atoms with Crippen molar-refractivity contribution in [1.82, 2.24) is 14.9 Å². The Balaban J connectivity index is 1.36. The predicted octanol–water partition coefficient (Wildman–Crippen LogP) is 2.18. The van der Waals surface area contributed by atoms with Gasteiger partial charge in [0.05, 0.1) is 31.9 Å². The number of amides is 1. The van der Waals surface area contributed by atoms with Gasteiger partial charge in [0.15, 0.2) is 5.82 Å². The van der Waals surface area contributed by atoms with E-state index >= 15 is 0 Å². The minimum atomic E-state index is -0.640. The first-order valence-electron chi connectivity index (χ1n) is 9.84. The van der Waals surface area contributed by atoms with Crippen molar-refractivity contribution >= 4 is 11.9 Å². The van der Waals surface area contributed by atoms with Gasteiger partial charge in [0, 0.05) is 32.6 Å². The maximum atomic E-state index is 12.9. The van der Waals surface area contributed by atoms with E-state index in [-0.39, 0.29) is 11.3 Å². The fraction of sp³-hybridized carbons (Fsp3) is 0.737. The molecule has 0 aromatic carbocycles. The van der Waals surface area contributed by atoms with Crippen LogP contribution in [0.15, 0.2) is 12.4 Å². The summed E-state index contributed by atoms with van der Waals surface area (Å²) in [5.41, 5.74) is -0.0306. The van der Waals surface area contributed by atoms with E-state index in [0.29, 0.717) is 25.5 Å². The van der Waals surface area contributed by atoms with Crippen LogP contribution in [0, 0.1) is 16.4 Å². The molecule has 2 aliphatic heterocycles. The van der Waals surface area contributed by atoms with Gasteiger partial charge in [0.25, 0.3) is 0 Å². The van der Waals surface area contributed by atoms with Gasteiger partial charge in [-0.25, -0.2) is 19.2 Å². The third-order valence-electron chi connectivity index (χ3n) is 5.74. The number of unbranched alkanes of at least 4 members (excludes halogenated alkanes) is 1. The first-order valence-corrected chi connectivity index (χ1v) is 9.84. The Labute approximate surface area is 160 Å². The number of hydrogen-bond acceptors (Lipinski definition) is 6. The van der Waals surface area contributed by atoms with Crippen molar-refractivity contribution in [3.05, 3.63) is 23.4 Å². The average molecular weight is 379 g/mol. The number of nitrogens with zero attached hydrogens (tertiary/aromatic N) is 5. The van der Waals surface area contributed by atoms with Crippen LogP contribution < -0.4 is 4.90 Å². The van der Waals surface area contributed by atoms with Crippen LogP contribution in [0.3, 0.4) is 0 Å². The Hall–Kier alpha value is -1.64. The quantitative estimate of drug-likeness (QED) is 0.429. The number of aromatic nitrogens is 2. The van der Waals surface area contributed by atoms with E-state index in [9.17, 15) is 14.4 Å². The molecule has 0 saturated carbocycles. The first-order chi connectivity index (χ1) is 12.8. The van der Waals surface area contributed by atoms with Crippen LogP contribution in [-0.2, 0) is 4.79 Å². The largest absolute Gasteiger partial charge is 0.625 e. The summed E-state index contributed by atoms with van der Waals surface area (Å²) >= 11 is 0. The van der Waals surface area contributed by atoms with E-state index in [1.165, 1.54) is 12.4 Å². The average Bonchev–Trinajstić information content (AvgIpc) is 2.64. The number of piperazine rings is 1. The third-order valence-corrected chi connectivity index (χ3v) is 5.74. The van der Waals surface area contributed by atoms with E-state index in [1.54, 1.807) is 0 Å². The van der Waals surface area contributed by atoms with Gasteiger partial charge in [-0.1, -0.05) is 13.8 Å². The Kier molecular flexibility index (Phi) is 6.08. The van der Waals surface area contributed by atoms with Crippen LogP contribution in [0.1, 0.15) is 39.5 Å². The molecule has 1 unspecified atom stereocenters. The van der Waals surface area contributed by atoms with Gasteiger partial charge >= 0.3 is 5.91 Å². The zero-order chi connectivity index (χ0) is 19.5. The number of likely N-dealkylation sites (tertiary alicyclic amines) is 1. The van der Waals surface area contributed by atoms with Crippen molar-refractivity contribution in [3.63, 3.8) is 0 Å². The number of rotatable bonds is 6. The highest BCUT2D eigenvalue weighted by atomic mass is 19.1. The van der Waals surface area contributed by atoms with E-state index < -0.39 is 10.5 Å². The van der Waals surface area contributed by atoms with Crippen molar-refractivity contribution in [2.45, 2.75) is 39.5 Å². The maximum absolute atomic E-state index is 12.9. The number of hydroxylamine groups is 3. The highest BCUT2D eigenvalue weighted by Crippen LogP contribution is 2.34. The molecule has 3 rings (SSSR count). The Morgan fingerprint density at radius 3 is 2.48 bits per heavy atom. The Morgan fingerprint density at radius 1 is 1.19 bits per heavy atom. The topological polar surface area (TPSA) is 72.4 Å². The number of carbonyl (C=O) groups is 1. The molecule has 0 aliphatic carbocycles. The summed E-state index contributed by atoms with van der Waals surface area (Å²) in [7, 11) is 0. The summed E-state index contributed by atoms with van der Waals surface area (Å²) in [6, 6.07) is 0. The summed E-state index contributed by atoms with van der Waals surface area (Å²) in [4.78, 5) is 24.7. The van der Waals surface area contributed by atoms with Gasteiger partial charge in [-0.05, 0) is 24.8 Å². The zero-order valence-corrected chi connectivity index (χ0v) is 16.4. The second-order valence-electron chi connectivity index (χ2n) is 8.56. The van der Waals surface area contributed by atoms with E-state index in [2.05, 4.69) is 33.6 Å². The molecule has 0 spiro atoms. The van der Waals surface area contributed by atoms with Crippen LogP contribution >= 0.6 is 0 Å². The van der Waals surface area contributed by atoms with E-state index in [0.717, 1.165) is 52.0 Å². The van der Waals surface area contributed by atoms with Crippen molar-refractivity contribution in [2.75, 3.05) is 50.7 Å². The maximum Gasteiger partial charge on any atom is 0.314 e. The molecular formula is C19H30FN5O2. The number of carbonyl (C=O) groups excluding carboxylic acids is 1. The molecule has 150 valence electrons. The van der Waals surface area contributed by atoms with Crippen LogP contribution in [0.25, 0.3) is 0 Å². The molecule has 1 aromatic heterocycles. The second kappa shape index (κ2) is 8.16. The highest BCUT2D eigenvalue weighted by Gasteiger charge is 2.39. The molecule has 7 nitrogen and oxygen atoms in total. The van der Waals surface area contributed by atoms with Gasteiger partial charge in [-0.2, -0.15) is 0 Å². The number of halogens is 1. The lowest BCUT2D eigenvalue weighted by Gasteiger charge is -2.47. The normalized spacial score (nSPS) is 26.4. The molecule has 0 bridgehead atoms. The lowest BCUT2D eigenvalue weighted by Crippen LogP contribution is -2.54. The van der Waals surface area contributed by atoms with Crippen molar-refractivity contribution in [2.24, 2.45) is 5.41 Å². The Bertz CT molecular complexity index is 646. The molecule has 0 N–H and O–H groups in total. The molecule has 0 radical (unpaired) electrons. The van der Waals surface area contributed by atoms with E-state index in [1.807, 2.05) is 0 Å². The summed E-state index contributed by atoms with van der Waals surface area (Å²) < 4.78 is 12.3. The molecule has 2 fully saturated rings. The zero-order valence-electron chi connectivity index (χ0n) is 16.4. The number of quaternary nitrogens is 1. The molecule has 27 heavy (non-hydrogen) atoms. The number of piperidine rings is 1. The summed E-state index contributed by atoms with van der Waals surface area (Å²) in [6.07, 6.45) is 5.29. The monoisotopic (exact) mass is 379 g/mol. The van der Waals surface area contributed by atoms with Crippen molar-refractivity contribution in [3.8, 4) is 0 Å². The lowest BCUT2D eigenvalue weighted by atomic mass is 9.82. The van der Waals surface area contributed by atoms with Gasteiger partial charge in [0.1, 0.15) is 0 Å². The van der Waals surface area contributed by atoms with Gasteiger partial charge < -0.3 is 10.1 Å². The smallest absolute Gasteiger partial charge is 0.314 e. The molecule has 2 saturated heterocycles. The summed E-state index contributed by atoms with van der Waals surface area (Å²) in [5, 5.41) is 12.7. The number of anilines is 1. The Morgan fingerprint density at radius 2 is 1.85 bits per heavy atom.